The first-order valence-electron chi connectivity index (χ1n) is 8.94. The number of rotatable bonds is 5. The van der Waals surface area contributed by atoms with Crippen LogP contribution in [0.25, 0.3) is 0 Å². The van der Waals surface area contributed by atoms with E-state index in [-0.39, 0.29) is 5.91 Å². The first-order chi connectivity index (χ1) is 10.9. The Labute approximate surface area is 140 Å². The molecule has 1 aromatic rings. The van der Waals surface area contributed by atoms with Crippen LogP contribution in [-0.2, 0) is 0 Å². The van der Waals surface area contributed by atoms with Crippen molar-refractivity contribution >= 4 is 5.91 Å². The summed E-state index contributed by atoms with van der Waals surface area (Å²) in [6, 6.07) is 7.82. The minimum atomic E-state index is -0.00379. The lowest BCUT2D eigenvalue weighted by atomic mass is 9.71. The number of para-hydroxylation sites is 1. The highest BCUT2D eigenvalue weighted by Crippen LogP contribution is 2.37. The molecule has 1 amide bonds. The summed E-state index contributed by atoms with van der Waals surface area (Å²) in [6.45, 7) is 9.66. The van der Waals surface area contributed by atoms with E-state index in [2.05, 4.69) is 33.0 Å². The van der Waals surface area contributed by atoms with Crippen LogP contribution in [0.4, 0.5) is 0 Å². The lowest BCUT2D eigenvalue weighted by Crippen LogP contribution is -2.39. The molecule has 2 rings (SSSR count). The van der Waals surface area contributed by atoms with Crippen LogP contribution in [-0.4, -0.2) is 18.6 Å². The van der Waals surface area contributed by atoms with Crippen LogP contribution in [0.2, 0.25) is 0 Å². The molecule has 23 heavy (non-hydrogen) atoms. The number of hydrogen-bond acceptors (Lipinski definition) is 2. The molecular formula is C20H31NO2. The SMILES string of the molecule is CCCOc1ccccc1C(=O)NC1CCC(C(C)(C)C)CC1. The maximum atomic E-state index is 12.6. The van der Waals surface area contributed by atoms with Gasteiger partial charge in [-0.05, 0) is 55.6 Å². The lowest BCUT2D eigenvalue weighted by Gasteiger charge is -2.37. The van der Waals surface area contributed by atoms with Crippen LogP contribution in [0.5, 0.6) is 5.75 Å². The zero-order valence-corrected chi connectivity index (χ0v) is 15.0. The van der Waals surface area contributed by atoms with Crippen LogP contribution in [0.3, 0.4) is 0 Å². The van der Waals surface area contributed by atoms with Gasteiger partial charge in [-0.15, -0.1) is 0 Å². The van der Waals surface area contributed by atoms with Crippen molar-refractivity contribution in [3.63, 3.8) is 0 Å². The second kappa shape index (κ2) is 7.85. The lowest BCUT2D eigenvalue weighted by molar-refractivity contribution is 0.0900. The third kappa shape index (κ3) is 4.98. The molecule has 0 bridgehead atoms. The quantitative estimate of drug-likeness (QED) is 0.846. The predicted molar refractivity (Wildman–Crippen MR) is 94.9 cm³/mol. The molecule has 3 nitrogen and oxygen atoms in total. The van der Waals surface area contributed by atoms with E-state index in [4.69, 9.17) is 4.74 Å². The Bertz CT molecular complexity index is 511. The molecule has 1 N–H and O–H groups in total. The van der Waals surface area contributed by atoms with E-state index < -0.39 is 0 Å². The van der Waals surface area contributed by atoms with Gasteiger partial charge in [0.2, 0.25) is 0 Å². The topological polar surface area (TPSA) is 38.3 Å². The number of carbonyl (C=O) groups excluding carboxylic acids is 1. The first-order valence-corrected chi connectivity index (χ1v) is 8.94. The minimum Gasteiger partial charge on any atom is -0.493 e. The largest absolute Gasteiger partial charge is 0.493 e. The fourth-order valence-electron chi connectivity index (χ4n) is 3.36. The second-order valence-corrected chi connectivity index (χ2v) is 7.73. The van der Waals surface area contributed by atoms with Gasteiger partial charge in [-0.3, -0.25) is 4.79 Å². The summed E-state index contributed by atoms with van der Waals surface area (Å²) in [5.74, 6) is 1.45. The summed E-state index contributed by atoms with van der Waals surface area (Å²) < 4.78 is 5.70. The molecule has 1 fully saturated rings. The standard InChI is InChI=1S/C20H31NO2/c1-5-14-23-18-9-7-6-8-17(18)19(22)21-16-12-10-15(11-13-16)20(2,3)4/h6-9,15-16H,5,10-14H2,1-4H3,(H,21,22). The van der Waals surface area contributed by atoms with Crippen LogP contribution in [0.15, 0.2) is 24.3 Å². The minimum absolute atomic E-state index is 0.00379. The van der Waals surface area contributed by atoms with Crippen molar-refractivity contribution < 1.29 is 9.53 Å². The second-order valence-electron chi connectivity index (χ2n) is 7.73. The highest BCUT2D eigenvalue weighted by molar-refractivity contribution is 5.97. The molecule has 0 aromatic heterocycles. The highest BCUT2D eigenvalue weighted by Gasteiger charge is 2.30. The number of hydrogen-bond donors (Lipinski definition) is 1. The van der Waals surface area contributed by atoms with E-state index in [1.54, 1.807) is 0 Å². The number of benzene rings is 1. The average Bonchev–Trinajstić information content (AvgIpc) is 2.53. The Kier molecular flexibility index (Phi) is 6.09. The van der Waals surface area contributed by atoms with Crippen molar-refractivity contribution in [1.29, 1.82) is 0 Å². The van der Waals surface area contributed by atoms with Crippen molar-refractivity contribution in [1.82, 2.24) is 5.32 Å². The summed E-state index contributed by atoms with van der Waals surface area (Å²) in [7, 11) is 0. The average molecular weight is 317 g/mol. The zero-order chi connectivity index (χ0) is 16.9. The normalized spacial score (nSPS) is 21.7. The number of carbonyl (C=O) groups is 1. The van der Waals surface area contributed by atoms with E-state index in [1.807, 2.05) is 24.3 Å². The summed E-state index contributed by atoms with van der Waals surface area (Å²) in [4.78, 5) is 12.6. The number of nitrogens with one attached hydrogen (secondary N) is 1. The molecule has 0 heterocycles. The fraction of sp³-hybridized carbons (Fsp3) is 0.650. The molecule has 3 heteroatoms. The summed E-state index contributed by atoms with van der Waals surface area (Å²) in [5.41, 5.74) is 1.02. The van der Waals surface area contributed by atoms with Crippen molar-refractivity contribution in [3.8, 4) is 5.75 Å². The number of amides is 1. The maximum Gasteiger partial charge on any atom is 0.255 e. The summed E-state index contributed by atoms with van der Waals surface area (Å²) >= 11 is 0. The fourth-order valence-corrected chi connectivity index (χ4v) is 3.36. The molecule has 0 atom stereocenters. The molecule has 1 aliphatic carbocycles. The molecule has 0 saturated heterocycles. The third-order valence-corrected chi connectivity index (χ3v) is 4.88. The van der Waals surface area contributed by atoms with Gasteiger partial charge in [-0.2, -0.15) is 0 Å². The third-order valence-electron chi connectivity index (χ3n) is 4.88. The van der Waals surface area contributed by atoms with Gasteiger partial charge in [0.1, 0.15) is 5.75 Å². The van der Waals surface area contributed by atoms with Gasteiger partial charge in [0.15, 0.2) is 0 Å². The highest BCUT2D eigenvalue weighted by atomic mass is 16.5. The van der Waals surface area contributed by atoms with Gasteiger partial charge in [0.25, 0.3) is 5.91 Å². The van der Waals surface area contributed by atoms with Crippen LogP contribution in [0, 0.1) is 11.3 Å². The van der Waals surface area contributed by atoms with Crippen molar-refractivity contribution in [3.05, 3.63) is 29.8 Å². The van der Waals surface area contributed by atoms with E-state index in [1.165, 1.54) is 12.8 Å². The maximum absolute atomic E-state index is 12.6. The van der Waals surface area contributed by atoms with Crippen LogP contribution < -0.4 is 10.1 Å². The van der Waals surface area contributed by atoms with E-state index in [0.29, 0.717) is 29.4 Å². The molecule has 0 unspecified atom stereocenters. The smallest absolute Gasteiger partial charge is 0.255 e. The van der Waals surface area contributed by atoms with Gasteiger partial charge in [-0.1, -0.05) is 39.8 Å². The van der Waals surface area contributed by atoms with Gasteiger partial charge < -0.3 is 10.1 Å². The molecule has 1 saturated carbocycles. The molecule has 128 valence electrons. The van der Waals surface area contributed by atoms with E-state index in [0.717, 1.165) is 25.2 Å². The van der Waals surface area contributed by atoms with Gasteiger partial charge in [-0.25, -0.2) is 0 Å². The van der Waals surface area contributed by atoms with Crippen LogP contribution >= 0.6 is 0 Å². The molecule has 0 radical (unpaired) electrons. The first kappa shape index (κ1) is 17.8. The van der Waals surface area contributed by atoms with E-state index in [9.17, 15) is 4.79 Å². The number of ether oxygens (including phenoxy) is 1. The predicted octanol–water partition coefficient (Wildman–Crippen LogP) is 4.81. The summed E-state index contributed by atoms with van der Waals surface area (Å²) in [5, 5.41) is 3.21. The Hall–Kier alpha value is -1.51. The molecule has 1 aromatic carbocycles. The Morgan fingerprint density at radius 1 is 1.17 bits per heavy atom. The monoisotopic (exact) mass is 317 g/mol. The van der Waals surface area contributed by atoms with E-state index >= 15 is 0 Å². The van der Waals surface area contributed by atoms with Gasteiger partial charge in [0.05, 0.1) is 12.2 Å². The van der Waals surface area contributed by atoms with Crippen molar-refractivity contribution in [2.45, 2.75) is 65.8 Å². The molecule has 1 aliphatic rings. The van der Waals surface area contributed by atoms with Gasteiger partial charge >= 0.3 is 0 Å². The molecule has 0 spiro atoms. The zero-order valence-electron chi connectivity index (χ0n) is 15.0. The Balaban J connectivity index is 1.93. The van der Waals surface area contributed by atoms with Crippen molar-refractivity contribution in [2.24, 2.45) is 11.3 Å². The van der Waals surface area contributed by atoms with Crippen molar-refractivity contribution in [2.75, 3.05) is 6.61 Å². The van der Waals surface area contributed by atoms with Gasteiger partial charge in [0, 0.05) is 6.04 Å². The Morgan fingerprint density at radius 3 is 2.43 bits per heavy atom. The van der Waals surface area contributed by atoms with Crippen LogP contribution in [0.1, 0.15) is 70.2 Å². The molecule has 0 aliphatic heterocycles. The summed E-state index contributed by atoms with van der Waals surface area (Å²) in [6.07, 6.45) is 5.48. The molecular weight excluding hydrogens is 286 g/mol. The Morgan fingerprint density at radius 2 is 1.83 bits per heavy atom.